The van der Waals surface area contributed by atoms with Crippen molar-refractivity contribution in [3.05, 3.63) is 0 Å². The lowest BCUT2D eigenvalue weighted by Gasteiger charge is -2.27. The fourth-order valence-electron chi connectivity index (χ4n) is 1.49. The maximum atomic E-state index is 11.9. The molecule has 0 aromatic rings. The molecule has 2 N–H and O–H groups in total. The quantitative estimate of drug-likeness (QED) is 0.664. The summed E-state index contributed by atoms with van der Waals surface area (Å²) in [7, 11) is 1.52. The average Bonchev–Trinajstić information content (AvgIpc) is 2.22. The van der Waals surface area contributed by atoms with Gasteiger partial charge >= 0.3 is 12.1 Å². The van der Waals surface area contributed by atoms with Gasteiger partial charge in [-0.05, 0) is 27.3 Å². The van der Waals surface area contributed by atoms with Crippen molar-refractivity contribution in [1.29, 1.82) is 0 Å². The smallest absolute Gasteiger partial charge is 0.389 e. The van der Waals surface area contributed by atoms with Crippen LogP contribution in [0.3, 0.4) is 0 Å². The van der Waals surface area contributed by atoms with Crippen LogP contribution in [0.4, 0.5) is 13.2 Å². The molecule has 108 valence electrons. The Hall–Kier alpha value is -0.820. The van der Waals surface area contributed by atoms with Crippen molar-refractivity contribution in [2.24, 2.45) is 0 Å². The van der Waals surface area contributed by atoms with Gasteiger partial charge in [0.1, 0.15) is 5.54 Å². The largest absolute Gasteiger partial charge is 0.480 e. The first kappa shape index (κ1) is 17.2. The van der Waals surface area contributed by atoms with Gasteiger partial charge in [-0.25, -0.2) is 0 Å². The summed E-state index contributed by atoms with van der Waals surface area (Å²) in [6.07, 6.45) is -5.41. The second-order valence-electron chi connectivity index (χ2n) is 4.49. The van der Waals surface area contributed by atoms with Gasteiger partial charge in [-0.2, -0.15) is 13.2 Å². The summed E-state index contributed by atoms with van der Waals surface area (Å²) >= 11 is 0. The van der Waals surface area contributed by atoms with E-state index in [4.69, 9.17) is 9.84 Å². The Kier molecular flexibility index (Phi) is 6.62. The summed E-state index contributed by atoms with van der Waals surface area (Å²) in [4.78, 5) is 11.0. The molecule has 2 atom stereocenters. The Morgan fingerprint density at radius 1 is 1.44 bits per heavy atom. The third kappa shape index (κ3) is 6.80. The highest BCUT2D eigenvalue weighted by atomic mass is 19.4. The van der Waals surface area contributed by atoms with Crippen molar-refractivity contribution in [2.45, 2.75) is 50.9 Å². The predicted octanol–water partition coefficient (Wildman–Crippen LogP) is 2.19. The summed E-state index contributed by atoms with van der Waals surface area (Å²) in [5.41, 5.74) is -1.14. The molecule has 0 aromatic heterocycles. The van der Waals surface area contributed by atoms with Crippen LogP contribution in [0, 0.1) is 0 Å². The molecule has 0 amide bonds. The first-order valence-corrected chi connectivity index (χ1v) is 5.71. The number of aliphatic carboxylic acids is 1. The monoisotopic (exact) mass is 271 g/mol. The van der Waals surface area contributed by atoms with E-state index in [1.807, 2.05) is 0 Å². The number of likely N-dealkylation sites (N-methyl/N-ethyl adjacent to an activating group) is 1. The van der Waals surface area contributed by atoms with Crippen LogP contribution in [0.15, 0.2) is 0 Å². The number of halogens is 3. The molecule has 0 radical (unpaired) electrons. The summed E-state index contributed by atoms with van der Waals surface area (Å²) in [6, 6.07) is 0. The van der Waals surface area contributed by atoms with E-state index in [-0.39, 0.29) is 19.4 Å². The lowest BCUT2D eigenvalue weighted by molar-refractivity contribution is -0.146. The predicted molar refractivity (Wildman–Crippen MR) is 60.4 cm³/mol. The number of alkyl halides is 3. The minimum Gasteiger partial charge on any atom is -0.480 e. The summed E-state index contributed by atoms with van der Waals surface area (Å²) in [5, 5.41) is 11.7. The minimum absolute atomic E-state index is 0.0277. The Bertz CT molecular complexity index is 271. The fourth-order valence-corrected chi connectivity index (χ4v) is 1.49. The second-order valence-corrected chi connectivity index (χ2v) is 4.49. The summed E-state index contributed by atoms with van der Waals surface area (Å²) < 4.78 is 40.8. The van der Waals surface area contributed by atoms with Crippen LogP contribution < -0.4 is 5.32 Å². The number of hydrogen-bond acceptors (Lipinski definition) is 3. The first-order valence-electron chi connectivity index (χ1n) is 5.71. The third-order valence-corrected chi connectivity index (χ3v) is 2.73. The molecule has 0 aliphatic heterocycles. The van der Waals surface area contributed by atoms with Gasteiger partial charge in [0, 0.05) is 19.4 Å². The van der Waals surface area contributed by atoms with E-state index in [1.165, 1.54) is 14.0 Å². The number of hydrogen-bond donors (Lipinski definition) is 2. The molecule has 18 heavy (non-hydrogen) atoms. The molecule has 0 saturated heterocycles. The van der Waals surface area contributed by atoms with E-state index in [2.05, 4.69) is 5.32 Å². The molecule has 7 heteroatoms. The fraction of sp³-hybridized carbons (Fsp3) is 0.909. The molecule has 0 aliphatic carbocycles. The standard InChI is InChI=1S/C11H20F3NO3/c1-8(7-10(2,15-3)9(16)17)18-6-4-5-11(12,13)14/h8,15H,4-7H2,1-3H3,(H,16,17). The number of rotatable bonds is 8. The highest BCUT2D eigenvalue weighted by Crippen LogP contribution is 2.21. The second kappa shape index (κ2) is 6.94. The van der Waals surface area contributed by atoms with Crippen LogP contribution in [0.1, 0.15) is 33.1 Å². The summed E-state index contributed by atoms with van der Waals surface area (Å²) in [5.74, 6) is -1.02. The van der Waals surface area contributed by atoms with E-state index in [0.29, 0.717) is 0 Å². The van der Waals surface area contributed by atoms with Gasteiger partial charge < -0.3 is 15.2 Å². The molecule has 0 aliphatic rings. The van der Waals surface area contributed by atoms with Crippen molar-refractivity contribution < 1.29 is 27.8 Å². The van der Waals surface area contributed by atoms with Crippen LogP contribution in [0.25, 0.3) is 0 Å². The zero-order valence-corrected chi connectivity index (χ0v) is 10.8. The van der Waals surface area contributed by atoms with E-state index in [0.717, 1.165) is 0 Å². The van der Waals surface area contributed by atoms with E-state index in [9.17, 15) is 18.0 Å². The zero-order valence-electron chi connectivity index (χ0n) is 10.8. The van der Waals surface area contributed by atoms with Crippen LogP contribution >= 0.6 is 0 Å². The van der Waals surface area contributed by atoms with Gasteiger partial charge in [0.05, 0.1) is 6.10 Å². The summed E-state index contributed by atoms with van der Waals surface area (Å²) in [6.45, 7) is 3.12. The molecule has 0 fully saturated rings. The van der Waals surface area contributed by atoms with Gasteiger partial charge in [0.2, 0.25) is 0 Å². The van der Waals surface area contributed by atoms with Crippen molar-refractivity contribution in [2.75, 3.05) is 13.7 Å². The van der Waals surface area contributed by atoms with Crippen molar-refractivity contribution >= 4 is 5.97 Å². The van der Waals surface area contributed by atoms with Gasteiger partial charge in [0.25, 0.3) is 0 Å². The Morgan fingerprint density at radius 2 is 2.00 bits per heavy atom. The normalized spacial score (nSPS) is 17.2. The van der Waals surface area contributed by atoms with Gasteiger partial charge in [-0.3, -0.25) is 4.79 Å². The number of nitrogens with one attached hydrogen (secondary N) is 1. The van der Waals surface area contributed by atoms with Crippen molar-refractivity contribution in [3.8, 4) is 0 Å². The van der Waals surface area contributed by atoms with Crippen LogP contribution in [0.2, 0.25) is 0 Å². The number of ether oxygens (including phenoxy) is 1. The van der Waals surface area contributed by atoms with Crippen molar-refractivity contribution in [1.82, 2.24) is 5.32 Å². The number of carboxylic acid groups (broad SMARTS) is 1. The van der Waals surface area contributed by atoms with Crippen LogP contribution in [0.5, 0.6) is 0 Å². The van der Waals surface area contributed by atoms with Crippen LogP contribution in [-0.2, 0) is 9.53 Å². The molecule has 2 unspecified atom stereocenters. The molecule has 0 aromatic carbocycles. The maximum absolute atomic E-state index is 11.9. The highest BCUT2D eigenvalue weighted by molar-refractivity contribution is 5.78. The van der Waals surface area contributed by atoms with Gasteiger partial charge in [-0.15, -0.1) is 0 Å². The molecule has 0 bridgehead atoms. The lowest BCUT2D eigenvalue weighted by atomic mass is 9.95. The highest BCUT2D eigenvalue weighted by Gasteiger charge is 2.33. The van der Waals surface area contributed by atoms with Gasteiger partial charge in [-0.1, -0.05) is 0 Å². The lowest BCUT2D eigenvalue weighted by Crippen LogP contribution is -2.49. The molecular weight excluding hydrogens is 251 g/mol. The Balaban J connectivity index is 3.97. The molecule has 0 rings (SSSR count). The van der Waals surface area contributed by atoms with Crippen molar-refractivity contribution in [3.63, 3.8) is 0 Å². The van der Waals surface area contributed by atoms with E-state index in [1.54, 1.807) is 6.92 Å². The third-order valence-electron chi connectivity index (χ3n) is 2.73. The van der Waals surface area contributed by atoms with Gasteiger partial charge in [0.15, 0.2) is 0 Å². The number of carbonyl (C=O) groups is 1. The Morgan fingerprint density at radius 3 is 2.39 bits per heavy atom. The molecular formula is C11H20F3NO3. The van der Waals surface area contributed by atoms with E-state index < -0.39 is 30.2 Å². The molecule has 0 spiro atoms. The minimum atomic E-state index is -4.17. The number of carboxylic acids is 1. The van der Waals surface area contributed by atoms with E-state index >= 15 is 0 Å². The Labute approximate surface area is 105 Å². The SMILES string of the molecule is CNC(C)(CC(C)OCCCC(F)(F)F)C(=O)O. The first-order chi connectivity index (χ1) is 8.10. The maximum Gasteiger partial charge on any atom is 0.389 e. The van der Waals surface area contributed by atoms with Crippen LogP contribution in [-0.4, -0.2) is 42.5 Å². The molecule has 0 saturated carbocycles. The zero-order chi connectivity index (χ0) is 14.4. The average molecular weight is 271 g/mol. The topological polar surface area (TPSA) is 58.6 Å². The molecule has 0 heterocycles. The molecule has 4 nitrogen and oxygen atoms in total.